The molecule has 7 heteroatoms. The Kier molecular flexibility index (Phi) is 17.5. The highest BCUT2D eigenvalue weighted by molar-refractivity contribution is 8.03. The van der Waals surface area contributed by atoms with E-state index < -0.39 is 0 Å². The Labute approximate surface area is 223 Å². The van der Waals surface area contributed by atoms with Gasteiger partial charge in [0, 0.05) is 36.3 Å². The zero-order chi connectivity index (χ0) is 27.7. The van der Waals surface area contributed by atoms with E-state index in [9.17, 15) is 9.90 Å². The molecule has 0 saturated carbocycles. The minimum absolute atomic E-state index is 0.0147. The van der Waals surface area contributed by atoms with Gasteiger partial charge in [-0.3, -0.25) is 9.63 Å². The summed E-state index contributed by atoms with van der Waals surface area (Å²) in [5.41, 5.74) is 10.2. The highest BCUT2D eigenvalue weighted by Crippen LogP contribution is 2.33. The van der Waals surface area contributed by atoms with E-state index >= 15 is 0 Å². The van der Waals surface area contributed by atoms with Crippen molar-refractivity contribution in [1.29, 1.82) is 0 Å². The molecule has 0 radical (unpaired) electrons. The van der Waals surface area contributed by atoms with Gasteiger partial charge < -0.3 is 15.7 Å². The minimum atomic E-state index is -0.190. The largest absolute Gasteiger partial charge is 0.400 e. The Hall–Kier alpha value is -2.48. The maximum atomic E-state index is 12.4. The average molecular weight is 518 g/mol. The number of hydrogen-bond donors (Lipinski definition) is 2. The first-order chi connectivity index (χ1) is 17.3. The molecule has 3 N–H and O–H groups in total. The molecular formula is C29H47N3O3S. The van der Waals surface area contributed by atoms with Gasteiger partial charge in [-0.1, -0.05) is 89.2 Å². The van der Waals surface area contributed by atoms with Crippen LogP contribution in [0.2, 0.25) is 0 Å². The highest BCUT2D eigenvalue weighted by Gasteiger charge is 2.19. The van der Waals surface area contributed by atoms with E-state index in [-0.39, 0.29) is 18.4 Å². The number of carbonyl (C=O) groups is 1. The van der Waals surface area contributed by atoms with Crippen LogP contribution in [0.3, 0.4) is 0 Å². The van der Waals surface area contributed by atoms with Crippen molar-refractivity contribution in [3.63, 3.8) is 0 Å². The molecule has 1 amide bonds. The number of nitrogens with zero attached hydrogens (tertiary/aromatic N) is 2. The topological polar surface area (TPSA) is 79.0 Å². The third-order valence-electron chi connectivity index (χ3n) is 5.11. The fourth-order valence-electron chi connectivity index (χ4n) is 3.15. The van der Waals surface area contributed by atoms with Gasteiger partial charge >= 0.3 is 0 Å². The molecule has 6 nitrogen and oxygen atoms in total. The van der Waals surface area contributed by atoms with Crippen molar-refractivity contribution >= 4 is 17.7 Å². The Bertz CT molecular complexity index is 920. The molecule has 0 fully saturated rings. The number of thioether (sulfide) groups is 1. The molecule has 0 bridgehead atoms. The van der Waals surface area contributed by atoms with E-state index in [0.717, 1.165) is 21.2 Å². The number of likely N-dealkylation sites (N-methyl/N-ethyl adjacent to an activating group) is 1. The van der Waals surface area contributed by atoms with Gasteiger partial charge in [0.1, 0.15) is 0 Å². The summed E-state index contributed by atoms with van der Waals surface area (Å²) in [6.07, 6.45) is 8.38. The van der Waals surface area contributed by atoms with Gasteiger partial charge in [0.25, 0.3) is 5.91 Å². The van der Waals surface area contributed by atoms with E-state index in [1.807, 2.05) is 52.0 Å². The Morgan fingerprint density at radius 1 is 1.17 bits per heavy atom. The van der Waals surface area contributed by atoms with Crippen LogP contribution < -0.4 is 5.73 Å². The molecular weight excluding hydrogens is 470 g/mol. The van der Waals surface area contributed by atoms with Crippen LogP contribution in [0.5, 0.6) is 0 Å². The third kappa shape index (κ3) is 11.1. The van der Waals surface area contributed by atoms with Crippen LogP contribution in [0.25, 0.3) is 0 Å². The molecule has 0 heterocycles. The van der Waals surface area contributed by atoms with E-state index in [0.29, 0.717) is 25.1 Å². The molecule has 0 spiro atoms. The summed E-state index contributed by atoms with van der Waals surface area (Å²) >= 11 is 1.62. The first-order valence-corrected chi connectivity index (χ1v) is 13.6. The van der Waals surface area contributed by atoms with E-state index in [1.54, 1.807) is 18.8 Å². The molecule has 0 saturated heterocycles. The predicted octanol–water partition coefficient (Wildman–Crippen LogP) is 6.05. The number of aliphatic hydroxyl groups excluding tert-OH is 1. The smallest absolute Gasteiger partial charge is 0.276 e. The lowest BCUT2D eigenvalue weighted by atomic mass is 10.1. The molecule has 0 unspecified atom stereocenters. The van der Waals surface area contributed by atoms with Gasteiger partial charge in [0.15, 0.2) is 0 Å². The van der Waals surface area contributed by atoms with Gasteiger partial charge in [-0.25, -0.2) is 5.06 Å². The second-order valence-corrected chi connectivity index (χ2v) is 9.03. The van der Waals surface area contributed by atoms with Gasteiger partial charge in [0.2, 0.25) is 0 Å². The van der Waals surface area contributed by atoms with Crippen LogP contribution in [0.4, 0.5) is 0 Å². The first-order valence-electron chi connectivity index (χ1n) is 12.8. The zero-order valence-corrected chi connectivity index (χ0v) is 24.5. The average Bonchev–Trinajstić information content (AvgIpc) is 3.13. The second kappa shape index (κ2) is 18.7. The summed E-state index contributed by atoms with van der Waals surface area (Å²) in [6.45, 7) is 15.3. The van der Waals surface area contributed by atoms with Crippen molar-refractivity contribution in [3.8, 4) is 0 Å². The van der Waals surface area contributed by atoms with E-state index in [4.69, 9.17) is 10.6 Å². The molecule has 1 aliphatic rings. The number of nitrogens with two attached hydrogens (primary N) is 1. The zero-order valence-electron chi connectivity index (χ0n) is 23.7. The van der Waals surface area contributed by atoms with Crippen molar-refractivity contribution in [2.45, 2.75) is 59.8 Å². The number of aryl methyl sites for hydroxylation is 1. The van der Waals surface area contributed by atoms with E-state index in [1.165, 1.54) is 17.7 Å². The number of benzene rings is 1. The van der Waals surface area contributed by atoms with Gasteiger partial charge in [-0.05, 0) is 43.0 Å². The highest BCUT2D eigenvalue weighted by atomic mass is 32.2. The normalized spacial score (nSPS) is 13.2. The van der Waals surface area contributed by atoms with Crippen LogP contribution in [-0.2, 0) is 9.63 Å². The number of amides is 1. The number of aliphatic hydroxyl groups is 1. The molecule has 0 aliphatic heterocycles. The van der Waals surface area contributed by atoms with Gasteiger partial charge in [-0.15, -0.1) is 0 Å². The Morgan fingerprint density at radius 3 is 2.39 bits per heavy atom. The number of hydrogen-bond acceptors (Lipinski definition) is 6. The molecule has 0 atom stereocenters. The number of allylic oxidation sites excluding steroid dienone is 3. The summed E-state index contributed by atoms with van der Waals surface area (Å²) in [7, 11) is 3.06. The summed E-state index contributed by atoms with van der Waals surface area (Å²) in [5.74, 6) is -0.0251. The molecule has 2 rings (SSSR count). The lowest BCUT2D eigenvalue weighted by Crippen LogP contribution is -2.30. The molecule has 1 aromatic carbocycles. The minimum Gasteiger partial charge on any atom is -0.400 e. The summed E-state index contributed by atoms with van der Waals surface area (Å²) in [6, 6.07) is 8.31. The maximum absolute atomic E-state index is 12.4. The van der Waals surface area contributed by atoms with Crippen LogP contribution in [0.1, 0.15) is 53.5 Å². The fourth-order valence-corrected chi connectivity index (χ4v) is 4.40. The Morgan fingerprint density at radius 2 is 1.83 bits per heavy atom. The van der Waals surface area contributed by atoms with E-state index in [2.05, 4.69) is 49.9 Å². The maximum Gasteiger partial charge on any atom is 0.276 e. The number of hydroxylamine groups is 2. The molecule has 1 aliphatic carbocycles. The van der Waals surface area contributed by atoms with Crippen molar-refractivity contribution in [1.82, 2.24) is 9.96 Å². The van der Waals surface area contributed by atoms with Crippen molar-refractivity contribution in [2.75, 3.05) is 33.9 Å². The molecule has 0 aromatic heterocycles. The lowest BCUT2D eigenvalue weighted by molar-refractivity contribution is -0.163. The van der Waals surface area contributed by atoms with Gasteiger partial charge in [0.05, 0.1) is 18.7 Å². The quantitative estimate of drug-likeness (QED) is 0.291. The second-order valence-electron chi connectivity index (χ2n) is 7.97. The van der Waals surface area contributed by atoms with Gasteiger partial charge in [-0.2, -0.15) is 0 Å². The van der Waals surface area contributed by atoms with Crippen LogP contribution in [0.15, 0.2) is 75.3 Å². The third-order valence-corrected chi connectivity index (χ3v) is 6.28. The number of carbonyl (C=O) groups excluding carboxylic acids is 1. The van der Waals surface area contributed by atoms with Crippen LogP contribution >= 0.6 is 11.8 Å². The fraction of sp³-hybridized carbons (Fsp3) is 0.483. The first kappa shape index (κ1) is 33.5. The van der Waals surface area contributed by atoms with Crippen LogP contribution in [0, 0.1) is 12.8 Å². The predicted molar refractivity (Wildman–Crippen MR) is 154 cm³/mol. The molecule has 1 aromatic rings. The standard InChI is InChI=1S/C25H35N3O3S.2C2H6/c1-18(2)23(26)25(32-22-11-6-8-19(3)16-22)28(14-15-29)17-20-9-7-10-21(13-12-20)24(30)27(4)31-5;2*1-2/h6,8-13,16,18,29H,7,14-15,17,26H2,1-5H3;2*1-2H3/b25-23+;;. The van der Waals surface area contributed by atoms with Crippen molar-refractivity contribution in [3.05, 3.63) is 76.0 Å². The van der Waals surface area contributed by atoms with Crippen molar-refractivity contribution < 1.29 is 14.7 Å². The molecule has 36 heavy (non-hydrogen) atoms. The van der Waals surface area contributed by atoms with Crippen LogP contribution in [-0.4, -0.2) is 54.8 Å². The van der Waals surface area contributed by atoms with Crippen molar-refractivity contribution in [2.24, 2.45) is 11.7 Å². The SMILES string of the molecule is CC.CC.CON(C)C(=O)C1=CCC=C(CN(CCO)/C(Sc2cccc(C)c2)=C(\N)C(C)C)C=C1. The summed E-state index contributed by atoms with van der Waals surface area (Å²) < 4.78 is 0. The lowest BCUT2D eigenvalue weighted by Gasteiger charge is -2.29. The Balaban J connectivity index is 0.00000291. The summed E-state index contributed by atoms with van der Waals surface area (Å²) in [4.78, 5) is 20.6. The monoisotopic (exact) mass is 517 g/mol. The number of rotatable bonds is 10. The molecule has 202 valence electrons. The summed E-state index contributed by atoms with van der Waals surface area (Å²) in [5, 5.41) is 11.9.